The van der Waals surface area contributed by atoms with Gasteiger partial charge in [0.1, 0.15) is 0 Å². The predicted octanol–water partition coefficient (Wildman–Crippen LogP) is 5.05. The first-order valence-electron chi connectivity index (χ1n) is 9.39. The Balaban J connectivity index is 1.74. The molecular weight excluding hydrogens is 356 g/mol. The van der Waals surface area contributed by atoms with Gasteiger partial charge in [0.15, 0.2) is 5.13 Å². The fourth-order valence-corrected chi connectivity index (χ4v) is 4.72. The molecule has 27 heavy (non-hydrogen) atoms. The first-order valence-corrected chi connectivity index (χ1v) is 10.2. The number of carbonyl (C=O) groups is 1. The van der Waals surface area contributed by atoms with E-state index in [4.69, 9.17) is 9.72 Å². The molecule has 4 nitrogen and oxygen atoms in total. The van der Waals surface area contributed by atoms with Gasteiger partial charge in [0, 0.05) is 12.2 Å². The highest BCUT2D eigenvalue weighted by atomic mass is 32.1. The number of rotatable bonds is 4. The third-order valence-electron chi connectivity index (χ3n) is 5.00. The Bertz CT molecular complexity index is 972. The molecule has 0 aliphatic carbocycles. The van der Waals surface area contributed by atoms with E-state index in [2.05, 4.69) is 26.0 Å². The molecule has 1 aliphatic rings. The summed E-state index contributed by atoms with van der Waals surface area (Å²) in [7, 11) is 0. The molecule has 2 heterocycles. The van der Waals surface area contributed by atoms with Crippen molar-refractivity contribution in [2.75, 3.05) is 18.1 Å². The third kappa shape index (κ3) is 3.75. The second-order valence-corrected chi connectivity index (χ2v) is 8.35. The first-order chi connectivity index (χ1) is 13.0. The summed E-state index contributed by atoms with van der Waals surface area (Å²) in [5.41, 5.74) is 5.17. The minimum atomic E-state index is -0.0149. The number of carbonyl (C=O) groups excluding carboxylic acids is 1. The number of nitrogens with zero attached hydrogens (tertiary/aromatic N) is 2. The molecule has 0 radical (unpaired) electrons. The van der Waals surface area contributed by atoms with E-state index in [-0.39, 0.29) is 12.0 Å². The Hall–Kier alpha value is -2.24. The van der Waals surface area contributed by atoms with E-state index in [0.29, 0.717) is 12.1 Å². The minimum Gasteiger partial charge on any atom is -0.376 e. The number of hydrogen-bond donors (Lipinski definition) is 0. The molecule has 3 aromatic rings. The lowest BCUT2D eigenvalue weighted by Crippen LogP contribution is -2.37. The maximum absolute atomic E-state index is 13.3. The van der Waals surface area contributed by atoms with Gasteiger partial charge >= 0.3 is 0 Å². The molecule has 1 atom stereocenters. The zero-order chi connectivity index (χ0) is 19.0. The lowest BCUT2D eigenvalue weighted by Gasteiger charge is -2.23. The highest BCUT2D eigenvalue weighted by molar-refractivity contribution is 7.22. The predicted molar refractivity (Wildman–Crippen MR) is 111 cm³/mol. The third-order valence-corrected chi connectivity index (χ3v) is 6.03. The van der Waals surface area contributed by atoms with E-state index >= 15 is 0 Å². The normalized spacial score (nSPS) is 16.8. The van der Waals surface area contributed by atoms with Crippen LogP contribution >= 0.6 is 11.3 Å². The summed E-state index contributed by atoms with van der Waals surface area (Å²) in [5, 5.41) is 0.750. The molecule has 1 aromatic heterocycles. The van der Waals surface area contributed by atoms with E-state index in [9.17, 15) is 4.79 Å². The lowest BCUT2D eigenvalue weighted by molar-refractivity contribution is 0.0917. The van der Waals surface area contributed by atoms with Crippen LogP contribution in [-0.4, -0.2) is 30.1 Å². The Labute approximate surface area is 163 Å². The van der Waals surface area contributed by atoms with E-state index in [1.807, 2.05) is 31.2 Å². The van der Waals surface area contributed by atoms with Crippen molar-refractivity contribution in [1.29, 1.82) is 0 Å². The van der Waals surface area contributed by atoms with Crippen LogP contribution in [0.15, 0.2) is 36.4 Å². The molecule has 1 amide bonds. The summed E-state index contributed by atoms with van der Waals surface area (Å²) in [6.45, 7) is 7.51. The number of fused-ring (bicyclic) bond motifs is 1. The number of aryl methyl sites for hydroxylation is 3. The van der Waals surface area contributed by atoms with Gasteiger partial charge in [-0.15, -0.1) is 0 Å². The zero-order valence-corrected chi connectivity index (χ0v) is 16.8. The number of thiazole rings is 1. The number of aromatic nitrogens is 1. The molecule has 1 saturated heterocycles. The Morgan fingerprint density at radius 1 is 1.19 bits per heavy atom. The quantitative estimate of drug-likeness (QED) is 0.636. The second-order valence-electron chi connectivity index (χ2n) is 7.34. The smallest absolute Gasteiger partial charge is 0.260 e. The van der Waals surface area contributed by atoms with Crippen molar-refractivity contribution >= 4 is 32.6 Å². The van der Waals surface area contributed by atoms with Crippen LogP contribution < -0.4 is 4.90 Å². The molecule has 5 heteroatoms. The SMILES string of the molecule is Cc1ccc(C(=O)N(CC2CCCO2)c2nc3c(C)cc(C)cc3s2)cc1. The summed E-state index contributed by atoms with van der Waals surface area (Å²) < 4.78 is 6.93. The van der Waals surface area contributed by atoms with Crippen molar-refractivity contribution < 1.29 is 9.53 Å². The van der Waals surface area contributed by atoms with E-state index in [1.54, 1.807) is 16.2 Å². The largest absolute Gasteiger partial charge is 0.376 e. The molecular formula is C22H24N2O2S. The number of amides is 1. The van der Waals surface area contributed by atoms with Gasteiger partial charge in [-0.3, -0.25) is 9.69 Å². The number of benzene rings is 2. The number of ether oxygens (including phenoxy) is 1. The van der Waals surface area contributed by atoms with Gasteiger partial charge in [0.05, 0.1) is 22.9 Å². The molecule has 0 bridgehead atoms. The summed E-state index contributed by atoms with van der Waals surface area (Å²) in [6, 6.07) is 12.0. The van der Waals surface area contributed by atoms with Crippen LogP contribution in [0.3, 0.4) is 0 Å². The van der Waals surface area contributed by atoms with Gasteiger partial charge in [-0.05, 0) is 62.9 Å². The molecule has 0 saturated carbocycles. The molecule has 4 rings (SSSR count). The van der Waals surface area contributed by atoms with Gasteiger partial charge in [0.25, 0.3) is 5.91 Å². The number of hydrogen-bond acceptors (Lipinski definition) is 4. The Kier molecular flexibility index (Phi) is 4.98. The van der Waals surface area contributed by atoms with Gasteiger partial charge < -0.3 is 4.74 Å². The monoisotopic (exact) mass is 380 g/mol. The van der Waals surface area contributed by atoms with Crippen LogP contribution in [0.5, 0.6) is 0 Å². The van der Waals surface area contributed by atoms with Crippen LogP contribution in [0.2, 0.25) is 0 Å². The molecule has 140 valence electrons. The summed E-state index contributed by atoms with van der Waals surface area (Å²) in [4.78, 5) is 19.9. The van der Waals surface area contributed by atoms with Gasteiger partial charge in [0.2, 0.25) is 0 Å². The fourth-order valence-electron chi connectivity index (χ4n) is 3.57. The Morgan fingerprint density at radius 3 is 2.67 bits per heavy atom. The van der Waals surface area contributed by atoms with Gasteiger partial charge in [-0.1, -0.05) is 35.1 Å². The maximum atomic E-state index is 13.3. The van der Waals surface area contributed by atoms with Crippen LogP contribution in [-0.2, 0) is 4.74 Å². The fraction of sp³-hybridized carbons (Fsp3) is 0.364. The highest BCUT2D eigenvalue weighted by Crippen LogP contribution is 2.33. The highest BCUT2D eigenvalue weighted by Gasteiger charge is 2.27. The molecule has 1 aliphatic heterocycles. The van der Waals surface area contributed by atoms with Gasteiger partial charge in [-0.25, -0.2) is 4.98 Å². The maximum Gasteiger partial charge on any atom is 0.260 e. The van der Waals surface area contributed by atoms with Crippen molar-refractivity contribution in [3.05, 3.63) is 58.7 Å². The molecule has 2 aromatic carbocycles. The summed E-state index contributed by atoms with van der Waals surface area (Å²) in [6.07, 6.45) is 2.12. The van der Waals surface area contributed by atoms with E-state index in [1.165, 1.54) is 5.56 Å². The molecule has 0 spiro atoms. The summed E-state index contributed by atoms with van der Waals surface area (Å²) in [5.74, 6) is -0.0149. The van der Waals surface area contributed by atoms with Gasteiger partial charge in [-0.2, -0.15) is 0 Å². The van der Waals surface area contributed by atoms with Crippen LogP contribution in [0.4, 0.5) is 5.13 Å². The van der Waals surface area contributed by atoms with Crippen LogP contribution in [0.25, 0.3) is 10.2 Å². The molecule has 0 N–H and O–H groups in total. The second kappa shape index (κ2) is 7.41. The van der Waals surface area contributed by atoms with E-state index in [0.717, 1.165) is 45.9 Å². The lowest BCUT2D eigenvalue weighted by atomic mass is 10.1. The van der Waals surface area contributed by atoms with Crippen molar-refractivity contribution in [1.82, 2.24) is 4.98 Å². The standard InChI is InChI=1S/C22H24N2O2S/c1-14-6-8-17(9-7-14)21(25)24(13-18-5-4-10-26-18)22-23-20-16(3)11-15(2)12-19(20)27-22/h6-9,11-12,18H,4-5,10,13H2,1-3H3. The van der Waals surface area contributed by atoms with Crippen LogP contribution in [0.1, 0.15) is 39.9 Å². The van der Waals surface area contributed by atoms with E-state index < -0.39 is 0 Å². The average Bonchev–Trinajstić information content (AvgIpc) is 3.29. The van der Waals surface area contributed by atoms with Crippen molar-refractivity contribution in [3.8, 4) is 0 Å². The van der Waals surface area contributed by atoms with Crippen molar-refractivity contribution in [2.45, 2.75) is 39.7 Å². The van der Waals surface area contributed by atoms with Crippen molar-refractivity contribution in [3.63, 3.8) is 0 Å². The number of anilines is 1. The summed E-state index contributed by atoms with van der Waals surface area (Å²) >= 11 is 1.58. The minimum absolute atomic E-state index is 0.0149. The van der Waals surface area contributed by atoms with Crippen LogP contribution in [0, 0.1) is 20.8 Å². The zero-order valence-electron chi connectivity index (χ0n) is 16.0. The van der Waals surface area contributed by atoms with Crippen molar-refractivity contribution in [2.24, 2.45) is 0 Å². The first kappa shape index (κ1) is 18.1. The molecule has 1 fully saturated rings. The Morgan fingerprint density at radius 2 is 1.96 bits per heavy atom. The topological polar surface area (TPSA) is 42.4 Å². The molecule has 1 unspecified atom stereocenters. The average molecular weight is 381 g/mol.